The van der Waals surface area contributed by atoms with Crippen molar-refractivity contribution in [2.24, 2.45) is 34.5 Å². The molecule has 3 spiro atoms. The fraction of sp³-hybridized carbons (Fsp3) is 1.00. The van der Waals surface area contributed by atoms with Crippen LogP contribution in [0.4, 0.5) is 0 Å². The Hall–Kier alpha value is -0.280. The summed E-state index contributed by atoms with van der Waals surface area (Å²) in [5.41, 5.74) is -1.80. The summed E-state index contributed by atoms with van der Waals surface area (Å²) in [7, 11) is 3.59. The van der Waals surface area contributed by atoms with Crippen LogP contribution in [-0.4, -0.2) is 90.9 Å². The van der Waals surface area contributed by atoms with Gasteiger partial charge in [0.1, 0.15) is 18.0 Å². The number of rotatable bonds is 3. The van der Waals surface area contributed by atoms with E-state index >= 15 is 0 Å². The largest absolute Gasteiger partial charge is 0.392 e. The second-order valence-electron chi connectivity index (χ2n) is 11.9. The van der Waals surface area contributed by atoms with Gasteiger partial charge in [0.15, 0.2) is 0 Å². The highest BCUT2D eigenvalue weighted by Crippen LogP contribution is 2.82. The molecule has 2 N–H and O–H groups in total. The zero-order chi connectivity index (χ0) is 21.6. The van der Waals surface area contributed by atoms with Gasteiger partial charge in [0.05, 0.1) is 30.5 Å². The zero-order valence-electron chi connectivity index (χ0n) is 19.1. The Morgan fingerprint density at radius 3 is 2.68 bits per heavy atom. The standard InChI is InChI=1S/C24H37NO6/c1-5-25-10-21(2)7-6-15(29-4)23-13-8-12-14(28-3)9-22(16(13)17(12)26)24(20(23)25,31-11-30-22)19(27)18(21)23/h12-20,26-27H,5-11H2,1-4H3/t12-,13?,14-,15-,16?,17-,18?,19-,20-,21-,22+,23-,24-/m0/s1. The van der Waals surface area contributed by atoms with Gasteiger partial charge in [-0.3, -0.25) is 4.90 Å². The third-order valence-corrected chi connectivity index (χ3v) is 11.6. The average Bonchev–Trinajstić information content (AvgIpc) is 3.30. The normalized spacial score (nSPS) is 65.8. The van der Waals surface area contributed by atoms with E-state index in [4.69, 9.17) is 18.9 Å². The molecule has 31 heavy (non-hydrogen) atoms. The van der Waals surface area contributed by atoms with E-state index in [1.807, 2.05) is 7.11 Å². The zero-order valence-corrected chi connectivity index (χ0v) is 19.1. The second-order valence-corrected chi connectivity index (χ2v) is 11.9. The maximum absolute atomic E-state index is 12.3. The fourth-order valence-electron chi connectivity index (χ4n) is 11.2. The molecule has 2 heterocycles. The minimum atomic E-state index is -0.846. The van der Waals surface area contributed by atoms with Crippen molar-refractivity contribution in [2.75, 3.05) is 34.1 Å². The van der Waals surface area contributed by atoms with Crippen LogP contribution in [0.5, 0.6) is 0 Å². The van der Waals surface area contributed by atoms with Gasteiger partial charge >= 0.3 is 0 Å². The van der Waals surface area contributed by atoms with Crippen molar-refractivity contribution in [3.05, 3.63) is 0 Å². The van der Waals surface area contributed by atoms with Gasteiger partial charge in [-0.2, -0.15) is 0 Å². The lowest BCUT2D eigenvalue weighted by Crippen LogP contribution is -2.80. The lowest BCUT2D eigenvalue weighted by molar-refractivity contribution is -0.281. The number of methoxy groups -OCH3 is 2. The molecule has 0 aromatic rings. The number of fused-ring (bicyclic) bond motifs is 1. The Labute approximate surface area is 184 Å². The van der Waals surface area contributed by atoms with Gasteiger partial charge in [0, 0.05) is 50.4 Å². The van der Waals surface area contributed by atoms with Gasteiger partial charge in [-0.15, -0.1) is 0 Å². The highest BCUT2D eigenvalue weighted by Gasteiger charge is 2.93. The van der Waals surface area contributed by atoms with Crippen molar-refractivity contribution in [3.63, 3.8) is 0 Å². The molecule has 7 rings (SSSR count). The summed E-state index contributed by atoms with van der Waals surface area (Å²) in [5.74, 6) is 0.388. The van der Waals surface area contributed by atoms with Crippen molar-refractivity contribution < 1.29 is 29.2 Å². The number of nitrogens with zero attached hydrogens (tertiary/aromatic N) is 1. The molecule has 5 saturated carbocycles. The van der Waals surface area contributed by atoms with E-state index in [0.717, 1.165) is 32.4 Å². The molecule has 0 amide bonds. The summed E-state index contributed by atoms with van der Waals surface area (Å²) in [4.78, 5) is 2.59. The Morgan fingerprint density at radius 2 is 1.97 bits per heavy atom. The van der Waals surface area contributed by atoms with E-state index in [-0.39, 0.29) is 59.5 Å². The minimum absolute atomic E-state index is 0.0000689. The first-order valence-corrected chi connectivity index (χ1v) is 12.3. The Balaban J connectivity index is 1.57. The quantitative estimate of drug-likeness (QED) is 0.685. The van der Waals surface area contributed by atoms with Gasteiger partial charge in [-0.05, 0) is 37.1 Å². The maximum atomic E-state index is 12.3. The van der Waals surface area contributed by atoms with E-state index in [2.05, 4.69) is 18.7 Å². The van der Waals surface area contributed by atoms with Crippen LogP contribution in [0.15, 0.2) is 0 Å². The number of likely N-dealkylation sites (tertiary alicyclic amines) is 1. The average molecular weight is 436 g/mol. The lowest BCUT2D eigenvalue weighted by Gasteiger charge is -2.69. The summed E-state index contributed by atoms with van der Waals surface area (Å²) < 4.78 is 25.5. The summed E-state index contributed by atoms with van der Waals surface area (Å²) in [6.07, 6.45) is 2.51. The first kappa shape index (κ1) is 20.1. The van der Waals surface area contributed by atoms with Crippen LogP contribution in [0.2, 0.25) is 0 Å². The van der Waals surface area contributed by atoms with Crippen LogP contribution < -0.4 is 0 Å². The number of aliphatic hydroxyl groups excluding tert-OH is 2. The van der Waals surface area contributed by atoms with Crippen LogP contribution in [0, 0.1) is 34.5 Å². The van der Waals surface area contributed by atoms with Crippen molar-refractivity contribution in [2.45, 2.75) is 81.2 Å². The van der Waals surface area contributed by atoms with E-state index in [1.54, 1.807) is 7.11 Å². The molecule has 2 saturated heterocycles. The van der Waals surface area contributed by atoms with E-state index in [0.29, 0.717) is 6.42 Å². The van der Waals surface area contributed by atoms with Crippen LogP contribution in [0.1, 0.15) is 39.5 Å². The maximum Gasteiger partial charge on any atom is 0.148 e. The Kier molecular flexibility index (Phi) is 3.80. The smallest absolute Gasteiger partial charge is 0.148 e. The molecule has 7 heteroatoms. The number of likely N-dealkylation sites (N-methyl/N-ethyl adjacent to an activating group) is 1. The summed E-state index contributed by atoms with van der Waals surface area (Å²) in [5, 5.41) is 24.0. The minimum Gasteiger partial charge on any atom is -0.392 e. The van der Waals surface area contributed by atoms with Gasteiger partial charge in [-0.25, -0.2) is 0 Å². The first-order valence-electron chi connectivity index (χ1n) is 12.3. The van der Waals surface area contributed by atoms with Crippen molar-refractivity contribution in [1.29, 1.82) is 0 Å². The monoisotopic (exact) mass is 435 g/mol. The third-order valence-electron chi connectivity index (χ3n) is 11.6. The van der Waals surface area contributed by atoms with Crippen LogP contribution >= 0.6 is 0 Å². The predicted octanol–water partition coefficient (Wildman–Crippen LogP) is 1.01. The van der Waals surface area contributed by atoms with Gasteiger partial charge in [0.25, 0.3) is 0 Å². The molecule has 7 fully saturated rings. The highest BCUT2D eigenvalue weighted by molar-refractivity contribution is 5.42. The van der Waals surface area contributed by atoms with Gasteiger partial charge in [0.2, 0.25) is 0 Å². The van der Waals surface area contributed by atoms with Gasteiger partial charge in [-0.1, -0.05) is 13.8 Å². The van der Waals surface area contributed by atoms with E-state index in [1.165, 1.54) is 0 Å². The molecule has 7 bridgehead atoms. The van der Waals surface area contributed by atoms with Crippen LogP contribution in [0.25, 0.3) is 0 Å². The van der Waals surface area contributed by atoms with E-state index < -0.39 is 23.4 Å². The molecule has 0 radical (unpaired) electrons. The summed E-state index contributed by atoms with van der Waals surface area (Å²) >= 11 is 0. The van der Waals surface area contributed by atoms with E-state index in [9.17, 15) is 10.2 Å². The van der Waals surface area contributed by atoms with Crippen molar-refractivity contribution in [1.82, 2.24) is 4.90 Å². The molecular weight excluding hydrogens is 398 g/mol. The molecule has 5 aliphatic carbocycles. The molecule has 7 aliphatic rings. The molecule has 3 unspecified atom stereocenters. The number of hydrogen-bond donors (Lipinski definition) is 2. The third kappa shape index (κ3) is 1.74. The molecule has 174 valence electrons. The number of piperidine rings is 1. The number of hydrogen-bond acceptors (Lipinski definition) is 7. The van der Waals surface area contributed by atoms with Crippen molar-refractivity contribution in [3.8, 4) is 0 Å². The molecule has 13 atom stereocenters. The fourth-order valence-corrected chi connectivity index (χ4v) is 11.2. The number of ether oxygens (including phenoxy) is 4. The molecular formula is C24H37NO6. The SMILES string of the molecule is CCN1C[C@]2(C)CC[C@H](OC)[C@@]34C5C[C@H]6[C@@H](OC)C[C@@]7(OCO[C@@]7([C@@H](O)C23)[C@@H]14)C5[C@H]6O. The summed E-state index contributed by atoms with van der Waals surface area (Å²) in [6, 6.07) is 0.0358. The first-order chi connectivity index (χ1) is 14.9. The summed E-state index contributed by atoms with van der Waals surface area (Å²) in [6.45, 7) is 6.68. The molecule has 0 aromatic carbocycles. The predicted molar refractivity (Wildman–Crippen MR) is 110 cm³/mol. The Morgan fingerprint density at radius 1 is 1.16 bits per heavy atom. The lowest BCUT2D eigenvalue weighted by atomic mass is 9.43. The van der Waals surface area contributed by atoms with Gasteiger partial charge < -0.3 is 29.2 Å². The topological polar surface area (TPSA) is 80.6 Å². The molecule has 0 aromatic heterocycles. The van der Waals surface area contributed by atoms with Crippen LogP contribution in [0.3, 0.4) is 0 Å². The Bertz CT molecular complexity index is 811. The molecule has 7 nitrogen and oxygen atoms in total. The highest BCUT2D eigenvalue weighted by atomic mass is 16.7. The van der Waals surface area contributed by atoms with Crippen LogP contribution in [-0.2, 0) is 18.9 Å². The number of aliphatic hydroxyl groups is 2. The molecule has 2 aliphatic heterocycles. The second kappa shape index (κ2) is 5.85. The van der Waals surface area contributed by atoms with Crippen molar-refractivity contribution >= 4 is 0 Å².